The minimum atomic E-state index is -0.0493. The molecule has 7 heteroatoms. The van der Waals surface area contributed by atoms with E-state index in [1.54, 1.807) is 12.1 Å². The molecule has 1 amide bonds. The van der Waals surface area contributed by atoms with Crippen LogP contribution in [0.15, 0.2) is 54.6 Å². The third kappa shape index (κ3) is 3.50. The molecule has 0 spiro atoms. The molecule has 0 saturated carbocycles. The lowest BCUT2D eigenvalue weighted by atomic mass is 9.99. The number of hydrogen-bond acceptors (Lipinski definition) is 5. The van der Waals surface area contributed by atoms with E-state index in [9.17, 15) is 9.90 Å². The Labute approximate surface area is 186 Å². The summed E-state index contributed by atoms with van der Waals surface area (Å²) in [5.41, 5.74) is 5.46. The van der Waals surface area contributed by atoms with Crippen molar-refractivity contribution < 1.29 is 9.90 Å². The number of benzene rings is 2. The summed E-state index contributed by atoms with van der Waals surface area (Å²) in [5, 5.41) is 21.3. The number of aromatic nitrogens is 3. The number of aryl methyl sites for hydroxylation is 2. The Hall–Kier alpha value is -3.71. The number of piperazine rings is 1. The summed E-state index contributed by atoms with van der Waals surface area (Å²) in [6.45, 7) is 5.88. The number of hydrogen-bond donors (Lipinski definition) is 3. The van der Waals surface area contributed by atoms with Crippen LogP contribution in [0.4, 0.5) is 0 Å². The van der Waals surface area contributed by atoms with Gasteiger partial charge in [-0.1, -0.05) is 30.3 Å². The highest BCUT2D eigenvalue weighted by molar-refractivity contribution is 6.07. The molecular formula is C25H25N5O2. The molecule has 5 rings (SSSR count). The van der Waals surface area contributed by atoms with Crippen LogP contribution in [0.1, 0.15) is 33.2 Å². The number of H-pyrrole nitrogens is 1. The van der Waals surface area contributed by atoms with Crippen LogP contribution in [0.3, 0.4) is 0 Å². The molecule has 0 bridgehead atoms. The van der Waals surface area contributed by atoms with Crippen molar-refractivity contribution in [3.8, 4) is 17.0 Å². The van der Waals surface area contributed by atoms with Crippen molar-refractivity contribution in [2.75, 3.05) is 19.6 Å². The third-order valence-corrected chi connectivity index (χ3v) is 6.12. The third-order valence-electron chi connectivity index (χ3n) is 6.12. The first-order valence-corrected chi connectivity index (χ1v) is 10.8. The number of carbonyl (C=O) groups excluding carboxylic acids is 1. The lowest BCUT2D eigenvalue weighted by molar-refractivity contribution is 0.0636. The van der Waals surface area contributed by atoms with Crippen LogP contribution in [0.25, 0.3) is 22.3 Å². The lowest BCUT2D eigenvalue weighted by Crippen LogP contribution is -2.48. The van der Waals surface area contributed by atoms with Gasteiger partial charge in [-0.2, -0.15) is 5.10 Å². The van der Waals surface area contributed by atoms with Crippen molar-refractivity contribution in [2.24, 2.45) is 0 Å². The maximum atomic E-state index is 14.0. The maximum Gasteiger partial charge on any atom is 0.255 e. The first-order valence-electron chi connectivity index (χ1n) is 10.8. The summed E-state index contributed by atoms with van der Waals surface area (Å²) in [6.07, 6.45) is 0. The van der Waals surface area contributed by atoms with Gasteiger partial charge in [0.15, 0.2) is 5.65 Å². The second-order valence-electron chi connectivity index (χ2n) is 8.22. The molecule has 1 atom stereocenters. The van der Waals surface area contributed by atoms with Gasteiger partial charge >= 0.3 is 0 Å². The predicted octanol–water partition coefficient (Wildman–Crippen LogP) is 3.73. The van der Waals surface area contributed by atoms with Gasteiger partial charge in [-0.25, -0.2) is 4.98 Å². The number of carbonyl (C=O) groups is 1. The number of fused-ring (bicyclic) bond motifs is 1. The van der Waals surface area contributed by atoms with Gasteiger partial charge in [0.1, 0.15) is 5.75 Å². The van der Waals surface area contributed by atoms with Crippen LogP contribution in [-0.4, -0.2) is 50.7 Å². The molecule has 162 valence electrons. The Morgan fingerprint density at radius 2 is 1.94 bits per heavy atom. The van der Waals surface area contributed by atoms with Crippen molar-refractivity contribution in [1.82, 2.24) is 25.4 Å². The van der Waals surface area contributed by atoms with Gasteiger partial charge in [-0.15, -0.1) is 0 Å². The summed E-state index contributed by atoms with van der Waals surface area (Å²) in [4.78, 5) is 20.6. The molecule has 1 fully saturated rings. The molecule has 1 saturated heterocycles. The molecule has 0 unspecified atom stereocenters. The molecule has 0 aliphatic carbocycles. The van der Waals surface area contributed by atoms with Gasteiger partial charge < -0.3 is 15.3 Å². The fourth-order valence-electron chi connectivity index (χ4n) is 4.50. The average Bonchev–Trinajstić information content (AvgIpc) is 3.19. The summed E-state index contributed by atoms with van der Waals surface area (Å²) in [6, 6.07) is 17.1. The predicted molar refractivity (Wildman–Crippen MR) is 124 cm³/mol. The largest absolute Gasteiger partial charge is 0.508 e. The molecule has 3 N–H and O–H groups in total. The normalized spacial score (nSPS) is 16.4. The summed E-state index contributed by atoms with van der Waals surface area (Å²) >= 11 is 0. The number of phenolic OH excluding ortho intramolecular Hbond substituents is 1. The number of nitrogens with one attached hydrogen (secondary N) is 2. The van der Waals surface area contributed by atoms with E-state index in [1.165, 1.54) is 0 Å². The Kier molecular flexibility index (Phi) is 5.11. The lowest BCUT2D eigenvalue weighted by Gasteiger charge is -2.36. The minimum absolute atomic E-state index is 0.0325. The number of aromatic hydroxyl groups is 1. The van der Waals surface area contributed by atoms with E-state index in [0.29, 0.717) is 30.0 Å². The topological polar surface area (TPSA) is 94.1 Å². The second kappa shape index (κ2) is 8.09. The van der Waals surface area contributed by atoms with Crippen molar-refractivity contribution in [3.05, 3.63) is 77.0 Å². The number of aromatic amines is 1. The minimum Gasteiger partial charge on any atom is -0.508 e. The van der Waals surface area contributed by atoms with Crippen LogP contribution >= 0.6 is 0 Å². The smallest absolute Gasteiger partial charge is 0.255 e. The maximum absolute atomic E-state index is 14.0. The number of amides is 1. The Bertz CT molecular complexity index is 1300. The number of pyridine rings is 1. The highest BCUT2D eigenvalue weighted by Gasteiger charge is 2.30. The monoisotopic (exact) mass is 427 g/mol. The van der Waals surface area contributed by atoms with Crippen LogP contribution in [-0.2, 0) is 0 Å². The van der Waals surface area contributed by atoms with E-state index in [1.807, 2.05) is 49.1 Å². The first kappa shape index (κ1) is 20.2. The Balaban J connectivity index is 1.63. The molecule has 2 aromatic carbocycles. The zero-order valence-corrected chi connectivity index (χ0v) is 18.1. The number of phenols is 1. The van der Waals surface area contributed by atoms with Gasteiger partial charge in [0, 0.05) is 25.2 Å². The van der Waals surface area contributed by atoms with E-state index in [2.05, 4.69) is 27.6 Å². The summed E-state index contributed by atoms with van der Waals surface area (Å²) in [5.74, 6) is 0.169. The van der Waals surface area contributed by atoms with Crippen LogP contribution in [0.5, 0.6) is 5.75 Å². The van der Waals surface area contributed by atoms with E-state index in [-0.39, 0.29) is 17.7 Å². The van der Waals surface area contributed by atoms with Crippen LogP contribution in [0.2, 0.25) is 0 Å². The highest BCUT2D eigenvalue weighted by Crippen LogP contribution is 2.32. The zero-order valence-electron chi connectivity index (χ0n) is 18.1. The Morgan fingerprint density at radius 1 is 1.12 bits per heavy atom. The molecule has 4 aromatic rings. The molecular weight excluding hydrogens is 402 g/mol. The zero-order chi connectivity index (χ0) is 22.2. The van der Waals surface area contributed by atoms with E-state index < -0.39 is 0 Å². The van der Waals surface area contributed by atoms with Gasteiger partial charge in [-0.05, 0) is 49.2 Å². The van der Waals surface area contributed by atoms with E-state index >= 15 is 0 Å². The summed E-state index contributed by atoms with van der Waals surface area (Å²) < 4.78 is 0. The average molecular weight is 428 g/mol. The second-order valence-corrected chi connectivity index (χ2v) is 8.22. The van der Waals surface area contributed by atoms with Crippen molar-refractivity contribution in [3.63, 3.8) is 0 Å². The SMILES string of the molecule is Cc1cc(O)ccc1-c1cc(C(=O)N2CCNC[C@H]2c2ccccc2)c2c(C)n[nH]c2n1. The Morgan fingerprint density at radius 3 is 2.72 bits per heavy atom. The number of nitrogens with zero attached hydrogens (tertiary/aromatic N) is 3. The standard InChI is InChI=1S/C25H25N5O2/c1-15-12-18(31)8-9-19(15)21-13-20(23-16(2)28-29-24(23)27-21)25(32)30-11-10-26-14-22(30)17-6-4-3-5-7-17/h3-9,12-13,22,26,31H,10-11,14H2,1-2H3,(H,27,28,29)/t22-/m0/s1. The van der Waals surface area contributed by atoms with Crippen LogP contribution < -0.4 is 5.32 Å². The van der Waals surface area contributed by atoms with Crippen molar-refractivity contribution in [2.45, 2.75) is 19.9 Å². The molecule has 7 nitrogen and oxygen atoms in total. The van der Waals surface area contributed by atoms with Crippen LogP contribution in [0, 0.1) is 13.8 Å². The van der Waals surface area contributed by atoms with Gasteiger partial charge in [0.2, 0.25) is 0 Å². The van der Waals surface area contributed by atoms with Gasteiger partial charge in [-0.3, -0.25) is 9.89 Å². The molecule has 0 radical (unpaired) electrons. The molecule has 32 heavy (non-hydrogen) atoms. The van der Waals surface area contributed by atoms with Gasteiger partial charge in [0.25, 0.3) is 5.91 Å². The van der Waals surface area contributed by atoms with Crippen molar-refractivity contribution >= 4 is 16.9 Å². The summed E-state index contributed by atoms with van der Waals surface area (Å²) in [7, 11) is 0. The first-order chi connectivity index (χ1) is 15.5. The molecule has 3 heterocycles. The van der Waals surface area contributed by atoms with Gasteiger partial charge in [0.05, 0.1) is 28.4 Å². The molecule has 2 aromatic heterocycles. The quantitative estimate of drug-likeness (QED) is 0.463. The fraction of sp³-hybridized carbons (Fsp3) is 0.240. The fourth-order valence-corrected chi connectivity index (χ4v) is 4.50. The number of rotatable bonds is 3. The molecule has 1 aliphatic rings. The molecule has 1 aliphatic heterocycles. The highest BCUT2D eigenvalue weighted by atomic mass is 16.3. The van der Waals surface area contributed by atoms with Crippen molar-refractivity contribution in [1.29, 1.82) is 0 Å². The van der Waals surface area contributed by atoms with E-state index in [4.69, 9.17) is 4.98 Å². The van der Waals surface area contributed by atoms with E-state index in [0.717, 1.165) is 34.3 Å².